The molecule has 0 saturated carbocycles. The Bertz CT molecular complexity index is 369. The maximum absolute atomic E-state index is 12.9. The summed E-state index contributed by atoms with van der Waals surface area (Å²) in [7, 11) is 4.04. The lowest BCUT2D eigenvalue weighted by molar-refractivity contribution is 0.0371. The maximum Gasteiger partial charge on any atom is 0.123 e. The molecule has 2 rings (SSSR count). The van der Waals surface area contributed by atoms with Crippen LogP contribution in [0.15, 0.2) is 24.3 Å². The third-order valence-corrected chi connectivity index (χ3v) is 3.62. The zero-order chi connectivity index (χ0) is 13.0. The van der Waals surface area contributed by atoms with E-state index in [0.717, 1.165) is 31.9 Å². The molecule has 1 aromatic rings. The van der Waals surface area contributed by atoms with Gasteiger partial charge in [-0.2, -0.15) is 0 Å². The van der Waals surface area contributed by atoms with Crippen molar-refractivity contribution in [3.63, 3.8) is 0 Å². The molecule has 3 nitrogen and oxygen atoms in total. The molecule has 0 amide bonds. The second-order valence-corrected chi connectivity index (χ2v) is 4.88. The SMILES string of the molecule is CNC1CCOCC1CN(C)c1ccc(F)cc1. The Hall–Kier alpha value is -1.13. The van der Waals surface area contributed by atoms with Gasteiger partial charge >= 0.3 is 0 Å². The van der Waals surface area contributed by atoms with Gasteiger partial charge in [0.15, 0.2) is 0 Å². The van der Waals surface area contributed by atoms with E-state index in [1.54, 1.807) is 0 Å². The zero-order valence-electron chi connectivity index (χ0n) is 11.0. The Kier molecular flexibility index (Phi) is 4.55. The average Bonchev–Trinajstić information content (AvgIpc) is 2.40. The van der Waals surface area contributed by atoms with Crippen LogP contribution in [-0.2, 0) is 4.74 Å². The van der Waals surface area contributed by atoms with Gasteiger partial charge in [0.05, 0.1) is 6.61 Å². The van der Waals surface area contributed by atoms with E-state index in [1.165, 1.54) is 12.1 Å². The topological polar surface area (TPSA) is 24.5 Å². The van der Waals surface area contributed by atoms with Crippen molar-refractivity contribution in [2.24, 2.45) is 5.92 Å². The fourth-order valence-electron chi connectivity index (χ4n) is 2.51. The Morgan fingerprint density at radius 3 is 2.78 bits per heavy atom. The van der Waals surface area contributed by atoms with Gasteiger partial charge in [-0.15, -0.1) is 0 Å². The minimum absolute atomic E-state index is 0.193. The molecule has 1 heterocycles. The quantitative estimate of drug-likeness (QED) is 0.885. The summed E-state index contributed by atoms with van der Waals surface area (Å²) in [4.78, 5) is 2.16. The highest BCUT2D eigenvalue weighted by Gasteiger charge is 2.25. The summed E-state index contributed by atoms with van der Waals surface area (Å²) in [6, 6.07) is 7.12. The van der Waals surface area contributed by atoms with Crippen molar-refractivity contribution in [3.8, 4) is 0 Å². The summed E-state index contributed by atoms with van der Waals surface area (Å²) in [5.41, 5.74) is 1.04. The predicted octanol–water partition coefficient (Wildman–Crippen LogP) is 1.89. The van der Waals surface area contributed by atoms with Crippen LogP contribution >= 0.6 is 0 Å². The standard InChI is InChI=1S/C14H21FN2O/c1-16-14-7-8-18-10-11(14)9-17(2)13-5-3-12(15)4-6-13/h3-6,11,14,16H,7-10H2,1-2H3. The van der Waals surface area contributed by atoms with Crippen molar-refractivity contribution < 1.29 is 9.13 Å². The molecule has 0 spiro atoms. The molecule has 1 aromatic carbocycles. The Morgan fingerprint density at radius 1 is 1.39 bits per heavy atom. The molecule has 18 heavy (non-hydrogen) atoms. The highest BCUT2D eigenvalue weighted by atomic mass is 19.1. The van der Waals surface area contributed by atoms with E-state index in [2.05, 4.69) is 10.2 Å². The second kappa shape index (κ2) is 6.16. The largest absolute Gasteiger partial charge is 0.381 e. The fourth-order valence-corrected chi connectivity index (χ4v) is 2.51. The van der Waals surface area contributed by atoms with Crippen molar-refractivity contribution in [2.45, 2.75) is 12.5 Å². The molecule has 4 heteroatoms. The third kappa shape index (κ3) is 3.21. The first-order valence-corrected chi connectivity index (χ1v) is 6.42. The van der Waals surface area contributed by atoms with Gasteiger partial charge in [0.1, 0.15) is 5.82 Å². The van der Waals surface area contributed by atoms with E-state index in [0.29, 0.717) is 12.0 Å². The van der Waals surface area contributed by atoms with E-state index in [4.69, 9.17) is 4.74 Å². The molecule has 2 unspecified atom stereocenters. The van der Waals surface area contributed by atoms with Gasteiger partial charge in [0, 0.05) is 37.8 Å². The van der Waals surface area contributed by atoms with Gasteiger partial charge in [-0.1, -0.05) is 0 Å². The van der Waals surface area contributed by atoms with Crippen LogP contribution in [0, 0.1) is 11.7 Å². The summed E-state index contributed by atoms with van der Waals surface area (Å²) in [6.45, 7) is 2.54. The molecule has 2 atom stereocenters. The van der Waals surface area contributed by atoms with Crippen LogP contribution in [0.3, 0.4) is 0 Å². The molecule has 0 radical (unpaired) electrons. The molecule has 0 aliphatic carbocycles. The van der Waals surface area contributed by atoms with Crippen molar-refractivity contribution in [3.05, 3.63) is 30.1 Å². The molecule has 0 aromatic heterocycles. The minimum Gasteiger partial charge on any atom is -0.381 e. The van der Waals surface area contributed by atoms with Gasteiger partial charge < -0.3 is 15.0 Å². The molecular formula is C14H21FN2O. The van der Waals surface area contributed by atoms with E-state index >= 15 is 0 Å². The molecule has 1 aliphatic rings. The molecular weight excluding hydrogens is 231 g/mol. The molecule has 1 saturated heterocycles. The number of nitrogens with one attached hydrogen (secondary N) is 1. The number of hydrogen-bond acceptors (Lipinski definition) is 3. The first-order valence-electron chi connectivity index (χ1n) is 6.42. The molecule has 1 fully saturated rings. The summed E-state index contributed by atoms with van der Waals surface area (Å²) >= 11 is 0. The number of nitrogens with zero attached hydrogens (tertiary/aromatic N) is 1. The van der Waals surface area contributed by atoms with Crippen LogP contribution in [0.1, 0.15) is 6.42 Å². The van der Waals surface area contributed by atoms with Crippen LogP contribution in [-0.4, -0.2) is 39.9 Å². The van der Waals surface area contributed by atoms with Gasteiger partial charge in [0.2, 0.25) is 0 Å². The Balaban J connectivity index is 1.97. The number of hydrogen-bond donors (Lipinski definition) is 1. The molecule has 100 valence electrons. The third-order valence-electron chi connectivity index (χ3n) is 3.62. The van der Waals surface area contributed by atoms with Crippen molar-refractivity contribution in [1.29, 1.82) is 0 Å². The van der Waals surface area contributed by atoms with Gasteiger partial charge in [-0.25, -0.2) is 4.39 Å². The van der Waals surface area contributed by atoms with Gasteiger partial charge in [0.25, 0.3) is 0 Å². The summed E-state index contributed by atoms with van der Waals surface area (Å²) in [5, 5.41) is 3.35. The van der Waals surface area contributed by atoms with Crippen LogP contribution in [0.5, 0.6) is 0 Å². The number of ether oxygens (including phenoxy) is 1. The Labute approximate surface area is 108 Å². The van der Waals surface area contributed by atoms with Crippen LogP contribution in [0.25, 0.3) is 0 Å². The average molecular weight is 252 g/mol. The van der Waals surface area contributed by atoms with Gasteiger partial charge in [-0.05, 0) is 37.7 Å². The predicted molar refractivity (Wildman–Crippen MR) is 71.4 cm³/mol. The first kappa shape index (κ1) is 13.3. The number of rotatable bonds is 4. The van der Waals surface area contributed by atoms with Crippen LogP contribution < -0.4 is 10.2 Å². The summed E-state index contributed by atoms with van der Waals surface area (Å²) in [5.74, 6) is 0.278. The zero-order valence-corrected chi connectivity index (χ0v) is 11.0. The maximum atomic E-state index is 12.9. The van der Waals surface area contributed by atoms with Gasteiger partial charge in [-0.3, -0.25) is 0 Å². The van der Waals surface area contributed by atoms with Crippen molar-refractivity contribution in [1.82, 2.24) is 5.32 Å². The number of halogens is 1. The lowest BCUT2D eigenvalue weighted by Gasteiger charge is -2.34. The minimum atomic E-state index is -0.193. The summed E-state index contributed by atoms with van der Waals surface area (Å²) in [6.07, 6.45) is 1.05. The van der Waals surface area contributed by atoms with Crippen molar-refractivity contribution in [2.75, 3.05) is 38.8 Å². The van der Waals surface area contributed by atoms with Crippen LogP contribution in [0.2, 0.25) is 0 Å². The normalized spacial score (nSPS) is 23.9. The smallest absolute Gasteiger partial charge is 0.123 e. The number of benzene rings is 1. The Morgan fingerprint density at radius 2 is 2.11 bits per heavy atom. The lowest BCUT2D eigenvalue weighted by Crippen LogP contribution is -2.46. The lowest BCUT2D eigenvalue weighted by atomic mass is 9.95. The molecule has 0 bridgehead atoms. The van der Waals surface area contributed by atoms with E-state index in [9.17, 15) is 4.39 Å². The highest BCUT2D eigenvalue weighted by Crippen LogP contribution is 2.19. The van der Waals surface area contributed by atoms with Crippen LogP contribution in [0.4, 0.5) is 10.1 Å². The monoisotopic (exact) mass is 252 g/mol. The second-order valence-electron chi connectivity index (χ2n) is 4.88. The van der Waals surface area contributed by atoms with E-state index < -0.39 is 0 Å². The first-order chi connectivity index (χ1) is 8.70. The van der Waals surface area contributed by atoms with E-state index in [-0.39, 0.29) is 5.82 Å². The molecule has 1 N–H and O–H groups in total. The summed E-state index contributed by atoms with van der Waals surface area (Å²) < 4.78 is 18.4. The fraction of sp³-hybridized carbons (Fsp3) is 0.571. The van der Waals surface area contributed by atoms with Crippen molar-refractivity contribution >= 4 is 5.69 Å². The molecule has 1 aliphatic heterocycles. The highest BCUT2D eigenvalue weighted by molar-refractivity contribution is 5.45. The van der Waals surface area contributed by atoms with E-state index in [1.807, 2.05) is 26.2 Å². The number of anilines is 1.